The summed E-state index contributed by atoms with van der Waals surface area (Å²) in [4.78, 5) is 39.0. The molecular weight excluding hydrogens is 488 g/mol. The smallest absolute Gasteiger partial charge is 0.341 e. The quantitative estimate of drug-likeness (QED) is 0.459. The zero-order chi connectivity index (χ0) is 24.9. The molecule has 1 aliphatic carbocycles. The van der Waals surface area contributed by atoms with Gasteiger partial charge in [-0.3, -0.25) is 14.9 Å². The van der Waals surface area contributed by atoms with Crippen molar-refractivity contribution in [2.45, 2.75) is 37.7 Å². The van der Waals surface area contributed by atoms with Gasteiger partial charge in [0.1, 0.15) is 22.2 Å². The molecule has 2 aromatic rings. The predicted octanol–water partition coefficient (Wildman–Crippen LogP) is 2.98. The highest BCUT2D eigenvalue weighted by molar-refractivity contribution is 8.00. The molecule has 184 valence electrons. The van der Waals surface area contributed by atoms with Gasteiger partial charge in [0.25, 0.3) is 0 Å². The van der Waals surface area contributed by atoms with Crippen molar-refractivity contribution < 1.29 is 23.9 Å². The molecule has 9 nitrogen and oxygen atoms in total. The maximum Gasteiger partial charge on any atom is 0.341 e. The number of thioether (sulfide) groups is 1. The zero-order valence-corrected chi connectivity index (χ0v) is 21.0. The summed E-state index contributed by atoms with van der Waals surface area (Å²) in [5.41, 5.74) is 1.64. The van der Waals surface area contributed by atoms with Crippen molar-refractivity contribution in [1.82, 2.24) is 10.6 Å². The lowest BCUT2D eigenvalue weighted by Gasteiger charge is -2.34. The van der Waals surface area contributed by atoms with Crippen LogP contribution in [-0.2, 0) is 27.2 Å². The van der Waals surface area contributed by atoms with Crippen LogP contribution in [0.2, 0.25) is 0 Å². The van der Waals surface area contributed by atoms with Crippen LogP contribution >= 0.6 is 23.1 Å². The van der Waals surface area contributed by atoms with E-state index >= 15 is 0 Å². The van der Waals surface area contributed by atoms with E-state index in [1.165, 1.54) is 23.1 Å². The maximum atomic E-state index is 12.8. The third-order valence-corrected chi connectivity index (χ3v) is 8.09. The number of nitrogens with zero attached hydrogens (tertiary/aromatic N) is 1. The highest BCUT2D eigenvalue weighted by atomic mass is 32.2. The minimum atomic E-state index is -0.908. The van der Waals surface area contributed by atoms with Gasteiger partial charge in [-0.15, -0.1) is 23.1 Å². The number of nitriles is 1. The van der Waals surface area contributed by atoms with Crippen LogP contribution in [-0.4, -0.2) is 42.8 Å². The summed E-state index contributed by atoms with van der Waals surface area (Å²) in [6.45, 7) is 2.01. The number of aryl methyl sites for hydroxylation is 1. The number of methoxy groups -OCH3 is 1. The Morgan fingerprint density at radius 3 is 2.74 bits per heavy atom. The molecule has 0 saturated carbocycles. The van der Waals surface area contributed by atoms with Crippen molar-refractivity contribution in [1.29, 1.82) is 5.26 Å². The first-order valence-corrected chi connectivity index (χ1v) is 13.1. The van der Waals surface area contributed by atoms with Gasteiger partial charge < -0.3 is 20.1 Å². The summed E-state index contributed by atoms with van der Waals surface area (Å²) in [5.74, 6) is -1.30. The molecule has 2 aliphatic rings. The first-order valence-electron chi connectivity index (χ1n) is 11.3. The molecule has 3 atom stereocenters. The van der Waals surface area contributed by atoms with E-state index in [-0.39, 0.29) is 18.3 Å². The summed E-state index contributed by atoms with van der Waals surface area (Å²) < 4.78 is 10.4. The highest BCUT2D eigenvalue weighted by Crippen LogP contribution is 2.39. The van der Waals surface area contributed by atoms with E-state index in [1.807, 2.05) is 0 Å². The van der Waals surface area contributed by atoms with Gasteiger partial charge in [0, 0.05) is 4.88 Å². The lowest BCUT2D eigenvalue weighted by atomic mass is 9.92. The van der Waals surface area contributed by atoms with E-state index in [9.17, 15) is 19.6 Å². The second-order valence-corrected chi connectivity index (χ2v) is 10.3. The molecule has 1 aromatic heterocycles. The number of benzene rings is 1. The van der Waals surface area contributed by atoms with E-state index in [1.54, 1.807) is 38.3 Å². The van der Waals surface area contributed by atoms with Gasteiger partial charge in [-0.05, 0) is 49.4 Å². The zero-order valence-electron chi connectivity index (χ0n) is 19.4. The molecule has 3 unspecified atom stereocenters. The molecule has 0 radical (unpaired) electrons. The Balaban J connectivity index is 1.41. The second kappa shape index (κ2) is 11.1. The molecule has 1 aliphatic heterocycles. The van der Waals surface area contributed by atoms with Gasteiger partial charge in [0.15, 0.2) is 0 Å². The molecule has 2 heterocycles. The third kappa shape index (κ3) is 5.45. The number of thiophene rings is 1. The summed E-state index contributed by atoms with van der Waals surface area (Å²) in [6.07, 6.45) is 2.68. The Hall–Kier alpha value is -3.07. The topological polar surface area (TPSA) is 130 Å². The average Bonchev–Trinajstić information content (AvgIpc) is 3.43. The number of amides is 2. The van der Waals surface area contributed by atoms with Crippen molar-refractivity contribution >= 4 is 45.9 Å². The number of carbonyl (C=O) groups excluding carboxylic acids is 3. The van der Waals surface area contributed by atoms with Gasteiger partial charge in [-0.2, -0.15) is 5.26 Å². The molecular formula is C24H26N4O5S2. The van der Waals surface area contributed by atoms with Crippen LogP contribution in [0.25, 0.3) is 0 Å². The number of ether oxygens (including phenoxy) is 2. The Kier molecular flexibility index (Phi) is 7.95. The number of esters is 1. The summed E-state index contributed by atoms with van der Waals surface area (Å²) in [6, 6.07) is 8.68. The monoisotopic (exact) mass is 514 g/mol. The Bertz CT molecular complexity index is 1160. The third-order valence-electron chi connectivity index (χ3n) is 5.87. The Morgan fingerprint density at radius 2 is 2.06 bits per heavy atom. The van der Waals surface area contributed by atoms with E-state index in [4.69, 9.17) is 9.47 Å². The Labute approximate surface area is 211 Å². The number of nitrogens with one attached hydrogen (secondary N) is 3. The van der Waals surface area contributed by atoms with Crippen LogP contribution in [0.5, 0.6) is 5.75 Å². The number of hydrogen-bond donors (Lipinski definition) is 3. The van der Waals surface area contributed by atoms with Crippen LogP contribution in [0.1, 0.15) is 45.7 Å². The molecule has 4 rings (SSSR count). The van der Waals surface area contributed by atoms with Gasteiger partial charge in [0.05, 0.1) is 37.1 Å². The molecule has 1 saturated heterocycles. The normalized spacial score (nSPS) is 20.9. The second-order valence-electron chi connectivity index (χ2n) is 8.05. The Morgan fingerprint density at radius 1 is 1.29 bits per heavy atom. The van der Waals surface area contributed by atoms with Crippen molar-refractivity contribution in [2.75, 3.05) is 24.8 Å². The largest absolute Gasteiger partial charge is 0.497 e. The van der Waals surface area contributed by atoms with Gasteiger partial charge in [0.2, 0.25) is 11.8 Å². The van der Waals surface area contributed by atoms with E-state index in [0.717, 1.165) is 35.3 Å². The van der Waals surface area contributed by atoms with Crippen molar-refractivity contribution in [3.05, 3.63) is 45.8 Å². The molecule has 1 fully saturated rings. The van der Waals surface area contributed by atoms with Crippen LogP contribution in [0.3, 0.4) is 0 Å². The van der Waals surface area contributed by atoms with E-state index in [2.05, 4.69) is 22.0 Å². The van der Waals surface area contributed by atoms with Crippen LogP contribution in [0.15, 0.2) is 24.3 Å². The minimum Gasteiger partial charge on any atom is -0.497 e. The minimum absolute atomic E-state index is 0.0370. The summed E-state index contributed by atoms with van der Waals surface area (Å²) >= 11 is 2.62. The number of rotatable bonds is 8. The standard InChI is InChI=1S/C24H26N4O5S2/c1-3-33-23(31)19-15-5-4-6-17(15)35-22(19)26-18(29)12-34-24-27-20(16(11-25)21(30)28-24)13-7-9-14(32-2)10-8-13/h7-10,16,20,24,27H,3-6,12H2,1-2H3,(H,26,29)(H,28,30). The SMILES string of the molecule is CCOC(=O)c1c(NC(=O)CSC2NC(=O)C(C#N)C(c3ccc(OC)cc3)N2)sc2c1CCC2. The fourth-order valence-electron chi connectivity index (χ4n) is 4.23. The molecule has 3 N–H and O–H groups in total. The average molecular weight is 515 g/mol. The van der Waals surface area contributed by atoms with E-state index in [0.29, 0.717) is 16.3 Å². The first-order chi connectivity index (χ1) is 16.9. The molecule has 1 aromatic carbocycles. The van der Waals surface area contributed by atoms with Gasteiger partial charge in [-0.25, -0.2) is 4.79 Å². The molecule has 0 bridgehead atoms. The van der Waals surface area contributed by atoms with Crippen molar-refractivity contribution in [3.63, 3.8) is 0 Å². The van der Waals surface area contributed by atoms with Gasteiger partial charge in [-0.1, -0.05) is 12.1 Å². The lowest BCUT2D eigenvalue weighted by molar-refractivity contribution is -0.126. The molecule has 0 spiro atoms. The molecule has 35 heavy (non-hydrogen) atoms. The fourth-order valence-corrected chi connectivity index (χ4v) is 6.35. The lowest BCUT2D eigenvalue weighted by Crippen LogP contribution is -2.56. The van der Waals surface area contributed by atoms with Crippen molar-refractivity contribution in [3.8, 4) is 11.8 Å². The fraction of sp³-hybridized carbons (Fsp3) is 0.417. The maximum absolute atomic E-state index is 12.8. The molecule has 2 amide bonds. The number of anilines is 1. The summed E-state index contributed by atoms with van der Waals surface area (Å²) in [5, 5.41) is 18.9. The number of fused-ring (bicyclic) bond motifs is 1. The first kappa shape index (κ1) is 25.0. The summed E-state index contributed by atoms with van der Waals surface area (Å²) in [7, 11) is 1.57. The predicted molar refractivity (Wildman–Crippen MR) is 133 cm³/mol. The van der Waals surface area contributed by atoms with Crippen LogP contribution in [0.4, 0.5) is 5.00 Å². The number of hydrogen-bond acceptors (Lipinski definition) is 9. The van der Waals surface area contributed by atoms with Crippen LogP contribution in [0, 0.1) is 17.2 Å². The van der Waals surface area contributed by atoms with Crippen LogP contribution < -0.4 is 20.7 Å². The van der Waals surface area contributed by atoms with E-state index < -0.39 is 29.3 Å². The number of carbonyl (C=O) groups is 3. The van der Waals surface area contributed by atoms with Crippen molar-refractivity contribution in [2.24, 2.45) is 5.92 Å². The highest BCUT2D eigenvalue weighted by Gasteiger charge is 2.37. The van der Waals surface area contributed by atoms with Gasteiger partial charge >= 0.3 is 5.97 Å². The molecule has 11 heteroatoms.